The van der Waals surface area contributed by atoms with Gasteiger partial charge in [-0.2, -0.15) is 0 Å². The van der Waals surface area contributed by atoms with Crippen molar-refractivity contribution in [3.05, 3.63) is 78.0 Å². The van der Waals surface area contributed by atoms with Crippen molar-refractivity contribution < 1.29 is 18.5 Å². The predicted molar refractivity (Wildman–Crippen MR) is 176 cm³/mol. The van der Waals surface area contributed by atoms with E-state index in [-0.39, 0.29) is 5.41 Å². The molecule has 0 amide bonds. The van der Waals surface area contributed by atoms with E-state index in [2.05, 4.69) is 79.3 Å². The lowest BCUT2D eigenvalue weighted by molar-refractivity contribution is -0.0980. The van der Waals surface area contributed by atoms with Crippen LogP contribution >= 0.6 is 0 Å². The number of anilines is 1. The van der Waals surface area contributed by atoms with E-state index < -0.39 is 11.0 Å². The Kier molecular flexibility index (Phi) is 13.9. The van der Waals surface area contributed by atoms with Gasteiger partial charge in [0.25, 0.3) is 0 Å². The highest BCUT2D eigenvalue weighted by Crippen LogP contribution is 2.35. The third kappa shape index (κ3) is 9.52. The largest absolute Gasteiger partial charge is 0.497 e. The average molecular weight is 595 g/mol. The standard InChI is InChI=1S/C26H28N2O2S.C5H11NO.CH5N.CH2O/c1-17-25(18-7-6-8-21(15-18)30-5)23-16-20(11-14-24(23)27-17)28-31(29)22-12-9-19(10-13-22)26(2,3)4;1-6-2-4-7-5-3-6;2*1-2/h6-16,27-28H,1-5H3;2-5H2,1H3;2H2,1H3;1H2. The minimum absolute atomic E-state index is 0.0706. The summed E-state index contributed by atoms with van der Waals surface area (Å²) in [5, 5.41) is 1.08. The van der Waals surface area contributed by atoms with Crippen LogP contribution in [0.15, 0.2) is 71.6 Å². The van der Waals surface area contributed by atoms with Gasteiger partial charge >= 0.3 is 0 Å². The molecule has 2 heterocycles. The first-order valence-electron chi connectivity index (χ1n) is 13.8. The van der Waals surface area contributed by atoms with Gasteiger partial charge in [-0.3, -0.25) is 0 Å². The molecule has 1 saturated heterocycles. The topological polar surface area (TPSA) is 110 Å². The summed E-state index contributed by atoms with van der Waals surface area (Å²) in [6.45, 7) is 14.6. The number of aromatic amines is 1. The number of fused-ring (bicyclic) bond motifs is 1. The van der Waals surface area contributed by atoms with Crippen molar-refractivity contribution in [3.63, 3.8) is 0 Å². The number of aromatic nitrogens is 1. The maximum absolute atomic E-state index is 12.9. The Morgan fingerprint density at radius 1 is 1.00 bits per heavy atom. The molecule has 42 heavy (non-hydrogen) atoms. The van der Waals surface area contributed by atoms with E-state index in [1.54, 1.807) is 7.11 Å². The summed E-state index contributed by atoms with van der Waals surface area (Å²) in [6, 6.07) is 22.0. The number of H-pyrrole nitrogens is 1. The number of hydrogen-bond acceptors (Lipinski definition) is 6. The van der Waals surface area contributed by atoms with Crippen molar-refractivity contribution in [2.45, 2.75) is 38.0 Å². The monoisotopic (exact) mass is 594 g/mol. The Balaban J connectivity index is 0.000000479. The van der Waals surface area contributed by atoms with Gasteiger partial charge in [-0.1, -0.05) is 45.0 Å². The van der Waals surface area contributed by atoms with Crippen LogP contribution in [-0.2, 0) is 25.9 Å². The molecule has 0 saturated carbocycles. The predicted octanol–water partition coefficient (Wildman–Crippen LogP) is 5.92. The molecule has 1 aromatic heterocycles. The van der Waals surface area contributed by atoms with Crippen LogP contribution in [0.1, 0.15) is 32.0 Å². The van der Waals surface area contributed by atoms with Crippen LogP contribution < -0.4 is 15.2 Å². The molecule has 5 rings (SSSR count). The van der Waals surface area contributed by atoms with Crippen molar-refractivity contribution in [1.82, 2.24) is 9.88 Å². The van der Waals surface area contributed by atoms with E-state index in [0.717, 1.165) is 70.4 Å². The number of carbonyl (C=O) groups excluding carboxylic acids is 1. The number of rotatable bonds is 5. The quantitative estimate of drug-likeness (QED) is 0.265. The third-order valence-electron chi connectivity index (χ3n) is 6.72. The number of aryl methyl sites for hydroxylation is 1. The lowest BCUT2D eigenvalue weighted by Gasteiger charge is -2.21. The molecule has 1 atom stereocenters. The maximum Gasteiger partial charge on any atom is 0.150 e. The molecule has 3 aromatic carbocycles. The van der Waals surface area contributed by atoms with Gasteiger partial charge in [0.15, 0.2) is 0 Å². The SMILES string of the molecule is C=O.CN.CN1CCOCC1.COc1cccc(-c2c(C)[nH]c3ccc(NS(=O)c4ccc(C(C)(C)C)cc4)cc23)c1. The third-order valence-corrected chi connectivity index (χ3v) is 7.85. The summed E-state index contributed by atoms with van der Waals surface area (Å²) >= 11 is 0. The van der Waals surface area contributed by atoms with Crippen molar-refractivity contribution >= 4 is 34.4 Å². The second-order valence-corrected chi connectivity index (χ2v) is 11.9. The number of methoxy groups -OCH3 is 1. The van der Waals surface area contributed by atoms with Gasteiger partial charge in [0.1, 0.15) is 23.5 Å². The van der Waals surface area contributed by atoms with Crippen LogP contribution in [0, 0.1) is 6.92 Å². The summed E-state index contributed by atoms with van der Waals surface area (Å²) in [5.74, 6) is 0.820. The number of carbonyl (C=O) groups is 1. The molecule has 1 fully saturated rings. The van der Waals surface area contributed by atoms with Gasteiger partial charge < -0.3 is 34.6 Å². The summed E-state index contributed by atoms with van der Waals surface area (Å²) < 4.78 is 26.6. The van der Waals surface area contributed by atoms with E-state index >= 15 is 0 Å². The minimum Gasteiger partial charge on any atom is -0.497 e. The first kappa shape index (κ1) is 34.7. The van der Waals surface area contributed by atoms with Crippen molar-refractivity contribution in [3.8, 4) is 16.9 Å². The fraction of sp³-hybridized carbons (Fsp3) is 0.364. The molecule has 0 spiro atoms. The second-order valence-electron chi connectivity index (χ2n) is 10.7. The van der Waals surface area contributed by atoms with Crippen LogP contribution in [0.2, 0.25) is 0 Å². The fourth-order valence-corrected chi connectivity index (χ4v) is 5.28. The Morgan fingerprint density at radius 3 is 2.19 bits per heavy atom. The number of nitrogens with zero attached hydrogens (tertiary/aromatic N) is 1. The lowest BCUT2D eigenvalue weighted by atomic mass is 9.87. The van der Waals surface area contributed by atoms with Crippen molar-refractivity contribution in [2.75, 3.05) is 52.2 Å². The molecular formula is C33H46N4O4S. The van der Waals surface area contributed by atoms with E-state index in [0.29, 0.717) is 0 Å². The number of benzene rings is 3. The van der Waals surface area contributed by atoms with Crippen LogP contribution in [0.3, 0.4) is 0 Å². The molecule has 1 aliphatic rings. The summed E-state index contributed by atoms with van der Waals surface area (Å²) in [6.07, 6.45) is 0. The molecule has 0 aliphatic carbocycles. The van der Waals surface area contributed by atoms with Gasteiger partial charge in [0.2, 0.25) is 0 Å². The van der Waals surface area contributed by atoms with Crippen LogP contribution in [0.5, 0.6) is 5.75 Å². The molecule has 1 unspecified atom stereocenters. The maximum atomic E-state index is 12.9. The summed E-state index contributed by atoms with van der Waals surface area (Å²) in [5.41, 5.74) is 10.9. The molecule has 0 radical (unpaired) electrons. The van der Waals surface area contributed by atoms with E-state index in [4.69, 9.17) is 14.3 Å². The molecule has 228 valence electrons. The van der Waals surface area contributed by atoms with E-state index in [1.165, 1.54) is 12.6 Å². The van der Waals surface area contributed by atoms with Crippen molar-refractivity contribution in [2.24, 2.45) is 5.73 Å². The van der Waals surface area contributed by atoms with Gasteiger partial charge in [-0.15, -0.1) is 0 Å². The minimum atomic E-state index is -1.34. The Hall–Kier alpha value is -3.50. The first-order chi connectivity index (χ1) is 20.2. The van der Waals surface area contributed by atoms with Crippen molar-refractivity contribution in [1.29, 1.82) is 0 Å². The van der Waals surface area contributed by atoms with Gasteiger partial charge in [-0.25, -0.2) is 4.21 Å². The molecule has 4 N–H and O–H groups in total. The lowest BCUT2D eigenvalue weighted by Crippen LogP contribution is -2.32. The second kappa shape index (κ2) is 16.8. The zero-order chi connectivity index (χ0) is 31.3. The van der Waals surface area contributed by atoms with Crippen LogP contribution in [-0.4, -0.2) is 68.4 Å². The smallest absolute Gasteiger partial charge is 0.150 e. The number of hydrogen-bond donors (Lipinski definition) is 3. The zero-order valence-corrected chi connectivity index (χ0v) is 26.8. The number of nitrogens with two attached hydrogens (primary N) is 1. The highest BCUT2D eigenvalue weighted by molar-refractivity contribution is 7.86. The molecule has 8 nitrogen and oxygen atoms in total. The number of ether oxygens (including phenoxy) is 2. The number of nitrogens with one attached hydrogen (secondary N) is 2. The highest BCUT2D eigenvalue weighted by Gasteiger charge is 2.15. The number of morpholine rings is 1. The highest BCUT2D eigenvalue weighted by atomic mass is 32.2. The average Bonchev–Trinajstić information content (AvgIpc) is 3.34. The molecule has 1 aliphatic heterocycles. The van der Waals surface area contributed by atoms with Gasteiger partial charge in [0, 0.05) is 40.9 Å². The van der Waals surface area contributed by atoms with Gasteiger partial charge in [-0.05, 0) is 80.0 Å². The molecule has 4 aromatic rings. The van der Waals surface area contributed by atoms with Crippen LogP contribution in [0.25, 0.3) is 22.0 Å². The first-order valence-corrected chi connectivity index (χ1v) is 15.0. The molecule has 0 bridgehead atoms. The Morgan fingerprint density at radius 2 is 1.64 bits per heavy atom. The van der Waals surface area contributed by atoms with Crippen LogP contribution in [0.4, 0.5) is 5.69 Å². The normalized spacial score (nSPS) is 13.8. The Bertz CT molecular complexity index is 1410. The van der Waals surface area contributed by atoms with E-state index in [1.807, 2.05) is 49.3 Å². The fourth-order valence-electron chi connectivity index (χ4n) is 4.44. The van der Waals surface area contributed by atoms with Gasteiger partial charge in [0.05, 0.1) is 25.2 Å². The zero-order valence-electron chi connectivity index (χ0n) is 26.0. The molecular weight excluding hydrogens is 548 g/mol. The molecule has 9 heteroatoms. The summed E-state index contributed by atoms with van der Waals surface area (Å²) in [4.78, 5) is 14.5. The number of likely N-dealkylation sites (N-methyl/N-ethyl adjacent to an activating group) is 1. The summed E-state index contributed by atoms with van der Waals surface area (Å²) in [7, 11) is 3.94. The van der Waals surface area contributed by atoms with E-state index in [9.17, 15) is 4.21 Å². The Labute approximate surface area is 253 Å².